The Morgan fingerprint density at radius 3 is 2.63 bits per heavy atom. The summed E-state index contributed by atoms with van der Waals surface area (Å²) in [4.78, 5) is 28.6. The van der Waals surface area contributed by atoms with Crippen molar-refractivity contribution < 1.29 is 19.1 Å². The van der Waals surface area contributed by atoms with Crippen LogP contribution in [0, 0.1) is 0 Å². The van der Waals surface area contributed by atoms with Crippen LogP contribution in [0.5, 0.6) is 11.5 Å². The van der Waals surface area contributed by atoms with Gasteiger partial charge in [-0.3, -0.25) is 9.59 Å². The zero-order chi connectivity index (χ0) is 24.2. The molecule has 1 atom stereocenters. The first-order valence-corrected chi connectivity index (χ1v) is 11.4. The van der Waals surface area contributed by atoms with E-state index < -0.39 is 6.04 Å². The van der Waals surface area contributed by atoms with Gasteiger partial charge < -0.3 is 19.7 Å². The quantitative estimate of drug-likeness (QED) is 0.422. The Bertz CT molecular complexity index is 1350. The van der Waals surface area contributed by atoms with Crippen LogP contribution in [-0.2, 0) is 22.7 Å². The lowest BCUT2D eigenvalue weighted by Crippen LogP contribution is -2.47. The van der Waals surface area contributed by atoms with Gasteiger partial charge in [0.05, 0.1) is 5.52 Å². The number of carbonyl (C=O) groups is 2. The van der Waals surface area contributed by atoms with Crippen LogP contribution in [0.2, 0.25) is 0 Å². The zero-order valence-electron chi connectivity index (χ0n) is 19.3. The topological polar surface area (TPSA) is 98.6 Å². The van der Waals surface area contributed by atoms with E-state index in [1.807, 2.05) is 61.5 Å². The van der Waals surface area contributed by atoms with Gasteiger partial charge >= 0.3 is 0 Å². The summed E-state index contributed by atoms with van der Waals surface area (Å²) in [5.74, 6) is 0.707. The second-order valence-electron chi connectivity index (χ2n) is 8.22. The second kappa shape index (κ2) is 9.84. The summed E-state index contributed by atoms with van der Waals surface area (Å²) in [5.41, 5.74) is 2.98. The van der Waals surface area contributed by atoms with E-state index >= 15 is 0 Å². The van der Waals surface area contributed by atoms with Gasteiger partial charge in [-0.2, -0.15) is 0 Å². The van der Waals surface area contributed by atoms with Crippen LogP contribution in [0.25, 0.3) is 11.0 Å². The number of benzene rings is 3. The van der Waals surface area contributed by atoms with E-state index in [9.17, 15) is 9.59 Å². The fourth-order valence-electron chi connectivity index (χ4n) is 4.15. The zero-order valence-corrected chi connectivity index (χ0v) is 19.3. The summed E-state index contributed by atoms with van der Waals surface area (Å²) in [5, 5.41) is 11.2. The molecule has 35 heavy (non-hydrogen) atoms. The first-order valence-electron chi connectivity index (χ1n) is 11.4. The molecular weight excluding hydrogens is 446 g/mol. The van der Waals surface area contributed by atoms with Gasteiger partial charge in [-0.05, 0) is 36.2 Å². The smallest absolute Gasteiger partial charge is 0.247 e. The molecule has 0 saturated heterocycles. The Hall–Kier alpha value is -4.40. The lowest BCUT2D eigenvalue weighted by atomic mass is 10.1. The monoisotopic (exact) mass is 471 g/mol. The summed E-state index contributed by atoms with van der Waals surface area (Å²) >= 11 is 0. The van der Waals surface area contributed by atoms with E-state index in [2.05, 4.69) is 15.6 Å². The van der Waals surface area contributed by atoms with Crippen molar-refractivity contribution in [2.45, 2.75) is 32.5 Å². The van der Waals surface area contributed by atoms with E-state index in [1.54, 1.807) is 27.8 Å². The van der Waals surface area contributed by atoms with E-state index in [0.717, 1.165) is 11.1 Å². The minimum Gasteiger partial charge on any atom is -0.454 e. The maximum atomic E-state index is 13.6. The predicted molar refractivity (Wildman–Crippen MR) is 130 cm³/mol. The summed E-state index contributed by atoms with van der Waals surface area (Å²) in [6, 6.07) is 21.6. The Balaban J connectivity index is 1.40. The van der Waals surface area contributed by atoms with Gasteiger partial charge in [0.1, 0.15) is 18.1 Å². The van der Waals surface area contributed by atoms with Gasteiger partial charge in [-0.25, -0.2) is 4.68 Å². The molecule has 0 fully saturated rings. The first-order chi connectivity index (χ1) is 17.1. The third-order valence-electron chi connectivity index (χ3n) is 5.93. The largest absolute Gasteiger partial charge is 0.454 e. The molecule has 9 nitrogen and oxygen atoms in total. The van der Waals surface area contributed by atoms with Crippen LogP contribution in [-0.4, -0.2) is 44.5 Å². The summed E-state index contributed by atoms with van der Waals surface area (Å²) in [6.07, 6.45) is 0.438. The van der Waals surface area contributed by atoms with E-state index in [0.29, 0.717) is 35.7 Å². The molecule has 0 saturated carbocycles. The Morgan fingerprint density at radius 1 is 1.03 bits per heavy atom. The van der Waals surface area contributed by atoms with E-state index in [1.165, 1.54) is 0 Å². The van der Waals surface area contributed by atoms with Crippen LogP contribution < -0.4 is 14.8 Å². The summed E-state index contributed by atoms with van der Waals surface area (Å²) in [7, 11) is 0. The molecule has 2 amide bonds. The minimum atomic E-state index is -0.692. The van der Waals surface area contributed by atoms with E-state index in [4.69, 9.17) is 9.47 Å². The number of nitrogens with one attached hydrogen (secondary N) is 1. The van der Waals surface area contributed by atoms with Crippen molar-refractivity contribution in [3.63, 3.8) is 0 Å². The fraction of sp³-hybridized carbons (Fsp3) is 0.231. The molecule has 0 aliphatic carbocycles. The number of ether oxygens (including phenoxy) is 2. The van der Waals surface area contributed by atoms with Crippen molar-refractivity contribution >= 4 is 28.5 Å². The molecule has 5 rings (SSSR count). The highest BCUT2D eigenvalue weighted by molar-refractivity contribution is 5.97. The third-order valence-corrected chi connectivity index (χ3v) is 5.93. The normalized spacial score (nSPS) is 12.9. The number of para-hydroxylation sites is 1. The van der Waals surface area contributed by atoms with Gasteiger partial charge in [0.15, 0.2) is 11.5 Å². The number of fused-ring (bicyclic) bond motifs is 2. The number of rotatable bonds is 8. The van der Waals surface area contributed by atoms with Gasteiger partial charge in [0.2, 0.25) is 18.6 Å². The molecule has 1 unspecified atom stereocenters. The third kappa shape index (κ3) is 4.79. The van der Waals surface area contributed by atoms with Crippen molar-refractivity contribution in [2.24, 2.45) is 0 Å². The number of carbonyl (C=O) groups excluding carboxylic acids is 2. The first kappa shape index (κ1) is 22.4. The maximum absolute atomic E-state index is 13.6. The number of hydrogen-bond acceptors (Lipinski definition) is 6. The number of hydrogen-bond donors (Lipinski definition) is 1. The van der Waals surface area contributed by atoms with Crippen molar-refractivity contribution in [1.29, 1.82) is 0 Å². The highest BCUT2D eigenvalue weighted by Crippen LogP contribution is 2.34. The van der Waals surface area contributed by atoms with Crippen LogP contribution in [0.15, 0.2) is 72.8 Å². The van der Waals surface area contributed by atoms with Gasteiger partial charge in [0.25, 0.3) is 0 Å². The summed E-state index contributed by atoms with van der Waals surface area (Å²) < 4.78 is 12.3. The molecule has 1 aliphatic rings. The Morgan fingerprint density at radius 2 is 1.80 bits per heavy atom. The minimum absolute atomic E-state index is 0.0266. The van der Waals surface area contributed by atoms with Gasteiger partial charge in [-0.1, -0.05) is 54.6 Å². The predicted octanol–water partition coefficient (Wildman–Crippen LogP) is 3.61. The molecule has 1 N–H and O–H groups in total. The van der Waals surface area contributed by atoms with Crippen LogP contribution >= 0.6 is 0 Å². The highest BCUT2D eigenvalue weighted by atomic mass is 16.7. The molecule has 3 aromatic carbocycles. The maximum Gasteiger partial charge on any atom is 0.247 e. The average Bonchev–Trinajstić information content (AvgIpc) is 3.51. The number of amides is 2. The second-order valence-corrected chi connectivity index (χ2v) is 8.22. The fourth-order valence-corrected chi connectivity index (χ4v) is 4.15. The molecule has 178 valence electrons. The van der Waals surface area contributed by atoms with Crippen LogP contribution in [0.1, 0.15) is 18.9 Å². The molecule has 9 heteroatoms. The van der Waals surface area contributed by atoms with Crippen molar-refractivity contribution in [3.8, 4) is 11.5 Å². The molecule has 0 radical (unpaired) electrons. The SMILES string of the molecule is CCC(C(=O)Nc1ccc2c(c1)OCO2)N(Cc1ccccc1)C(=O)Cn1nnc2ccccc21. The number of anilines is 1. The van der Waals surface area contributed by atoms with Gasteiger partial charge in [0, 0.05) is 18.3 Å². The Labute approximate surface area is 202 Å². The van der Waals surface area contributed by atoms with Crippen molar-refractivity contribution in [1.82, 2.24) is 19.9 Å². The van der Waals surface area contributed by atoms with Crippen molar-refractivity contribution in [3.05, 3.63) is 78.4 Å². The van der Waals surface area contributed by atoms with E-state index in [-0.39, 0.29) is 25.2 Å². The molecule has 1 aromatic heterocycles. The standard InChI is InChI=1S/C26H25N5O4/c1-2-21(26(33)27-19-12-13-23-24(14-19)35-17-34-23)30(15-18-8-4-3-5-9-18)25(32)16-31-22-11-7-6-10-20(22)28-29-31/h3-14,21H,2,15-17H2,1H3,(H,27,33). The molecule has 4 aromatic rings. The molecule has 1 aliphatic heterocycles. The van der Waals surface area contributed by atoms with Gasteiger partial charge in [-0.15, -0.1) is 5.10 Å². The van der Waals surface area contributed by atoms with Crippen LogP contribution in [0.3, 0.4) is 0 Å². The molecular formula is C26H25N5O4. The lowest BCUT2D eigenvalue weighted by Gasteiger charge is -2.30. The number of nitrogens with zero attached hydrogens (tertiary/aromatic N) is 4. The highest BCUT2D eigenvalue weighted by Gasteiger charge is 2.29. The number of aromatic nitrogens is 3. The molecule has 0 spiro atoms. The molecule has 0 bridgehead atoms. The average molecular weight is 472 g/mol. The molecule has 2 heterocycles. The Kier molecular flexibility index (Phi) is 6.30. The lowest BCUT2D eigenvalue weighted by molar-refractivity contribution is -0.140. The van der Waals surface area contributed by atoms with Crippen LogP contribution in [0.4, 0.5) is 5.69 Å². The summed E-state index contributed by atoms with van der Waals surface area (Å²) in [6.45, 7) is 2.31. The van der Waals surface area contributed by atoms with Crippen molar-refractivity contribution in [2.75, 3.05) is 12.1 Å².